The number of carbonyl (C=O) groups excluding carboxylic acids is 1. The maximum absolute atomic E-state index is 12.5. The second-order valence-electron chi connectivity index (χ2n) is 8.10. The summed E-state index contributed by atoms with van der Waals surface area (Å²) in [5.41, 5.74) is 2.19. The summed E-state index contributed by atoms with van der Waals surface area (Å²) in [4.78, 5) is 20.1. The molecule has 1 aliphatic rings. The lowest BCUT2D eigenvalue weighted by Crippen LogP contribution is -2.30. The first-order valence-corrected chi connectivity index (χ1v) is 13.3. The summed E-state index contributed by atoms with van der Waals surface area (Å²) in [7, 11) is -3.65. The number of carbonyl (C=O) groups is 1. The summed E-state index contributed by atoms with van der Waals surface area (Å²) >= 11 is 1.14. The lowest BCUT2D eigenvalue weighted by Gasteiger charge is -2.18. The van der Waals surface area contributed by atoms with Crippen molar-refractivity contribution in [1.82, 2.24) is 24.9 Å². The van der Waals surface area contributed by atoms with Crippen molar-refractivity contribution in [3.63, 3.8) is 0 Å². The van der Waals surface area contributed by atoms with Crippen LogP contribution in [0.1, 0.15) is 13.8 Å². The second-order valence-corrected chi connectivity index (χ2v) is 10.8. The predicted molar refractivity (Wildman–Crippen MR) is 131 cm³/mol. The smallest absolute Gasteiger partial charge is 0.240 e. The highest BCUT2D eigenvalue weighted by atomic mass is 32.2. The van der Waals surface area contributed by atoms with Crippen molar-refractivity contribution >= 4 is 55.4 Å². The van der Waals surface area contributed by atoms with Gasteiger partial charge in [0, 0.05) is 28.7 Å². The molecule has 182 valence electrons. The molecule has 13 heteroatoms. The third-order valence-corrected chi connectivity index (χ3v) is 7.52. The third kappa shape index (κ3) is 5.01. The molecule has 11 nitrogen and oxygen atoms in total. The number of benzene rings is 2. The molecule has 2 aromatic carbocycles. The molecular weight excluding hydrogens is 492 g/mol. The average molecular weight is 515 g/mol. The number of amides is 1. The van der Waals surface area contributed by atoms with Gasteiger partial charge in [0.15, 0.2) is 17.1 Å². The molecule has 35 heavy (non-hydrogen) atoms. The van der Waals surface area contributed by atoms with Crippen LogP contribution in [0, 0.1) is 0 Å². The maximum atomic E-state index is 12.5. The van der Waals surface area contributed by atoms with Gasteiger partial charge < -0.3 is 19.8 Å². The zero-order valence-electron chi connectivity index (χ0n) is 18.9. The highest BCUT2D eigenvalue weighted by Gasteiger charge is 2.19. The highest BCUT2D eigenvalue weighted by Crippen LogP contribution is 2.32. The van der Waals surface area contributed by atoms with Gasteiger partial charge in [0.1, 0.15) is 18.7 Å². The molecule has 0 saturated carbocycles. The van der Waals surface area contributed by atoms with Crippen LogP contribution in [0.5, 0.6) is 11.5 Å². The van der Waals surface area contributed by atoms with Gasteiger partial charge in [-0.2, -0.15) is 0 Å². The molecular formula is C22H22N6O5S2. The quantitative estimate of drug-likeness (QED) is 0.317. The molecule has 1 amide bonds. The van der Waals surface area contributed by atoms with E-state index >= 15 is 0 Å². The van der Waals surface area contributed by atoms with Crippen molar-refractivity contribution in [2.75, 3.05) is 24.3 Å². The summed E-state index contributed by atoms with van der Waals surface area (Å²) < 4.78 is 38.6. The molecule has 0 saturated heterocycles. The van der Waals surface area contributed by atoms with Crippen molar-refractivity contribution in [2.45, 2.75) is 29.9 Å². The first-order chi connectivity index (χ1) is 16.8. The van der Waals surface area contributed by atoms with Gasteiger partial charge in [-0.05, 0) is 44.2 Å². The predicted octanol–water partition coefficient (Wildman–Crippen LogP) is 2.69. The number of nitrogens with one attached hydrogen (secondary N) is 3. The van der Waals surface area contributed by atoms with Gasteiger partial charge in [-0.3, -0.25) is 4.79 Å². The molecule has 0 bridgehead atoms. The Bertz CT molecular complexity index is 1540. The Morgan fingerprint density at radius 2 is 1.91 bits per heavy atom. The van der Waals surface area contributed by atoms with E-state index in [9.17, 15) is 13.2 Å². The molecule has 0 fully saturated rings. The number of hydrogen-bond donors (Lipinski definition) is 3. The van der Waals surface area contributed by atoms with Crippen LogP contribution in [0.15, 0.2) is 46.5 Å². The Balaban J connectivity index is 1.29. The van der Waals surface area contributed by atoms with Crippen molar-refractivity contribution in [1.29, 1.82) is 0 Å². The number of anilines is 1. The van der Waals surface area contributed by atoms with E-state index in [0.717, 1.165) is 11.8 Å². The fraction of sp³-hybridized carbons (Fsp3) is 0.273. The van der Waals surface area contributed by atoms with Crippen LogP contribution < -0.4 is 19.5 Å². The summed E-state index contributed by atoms with van der Waals surface area (Å²) in [5.74, 6) is 1.08. The van der Waals surface area contributed by atoms with Crippen LogP contribution in [0.3, 0.4) is 0 Å². The summed E-state index contributed by atoms with van der Waals surface area (Å²) in [6.07, 6.45) is 0. The minimum absolute atomic E-state index is 0.0745. The molecule has 0 atom stereocenters. The number of thioether (sulfide) groups is 1. The Morgan fingerprint density at radius 1 is 1.11 bits per heavy atom. The topological polar surface area (TPSA) is 148 Å². The number of hydrogen-bond acceptors (Lipinski definition) is 9. The first-order valence-electron chi connectivity index (χ1n) is 10.8. The number of aromatic amines is 1. The van der Waals surface area contributed by atoms with E-state index in [2.05, 4.69) is 30.2 Å². The first kappa shape index (κ1) is 23.3. The molecule has 4 aromatic rings. The van der Waals surface area contributed by atoms with Crippen molar-refractivity contribution in [3.05, 3.63) is 36.4 Å². The van der Waals surface area contributed by atoms with E-state index in [0.29, 0.717) is 57.6 Å². The van der Waals surface area contributed by atoms with Gasteiger partial charge >= 0.3 is 0 Å². The number of rotatable bonds is 7. The van der Waals surface area contributed by atoms with Gasteiger partial charge in [-0.25, -0.2) is 18.1 Å². The van der Waals surface area contributed by atoms with E-state index in [1.165, 1.54) is 6.07 Å². The van der Waals surface area contributed by atoms with E-state index in [4.69, 9.17) is 9.47 Å². The zero-order chi connectivity index (χ0) is 24.6. The molecule has 3 N–H and O–H groups in total. The fourth-order valence-electron chi connectivity index (χ4n) is 3.59. The lowest BCUT2D eigenvalue weighted by atomic mass is 10.2. The average Bonchev–Trinajstić information content (AvgIpc) is 3.19. The van der Waals surface area contributed by atoms with Gasteiger partial charge in [-0.15, -0.1) is 10.2 Å². The van der Waals surface area contributed by atoms with Gasteiger partial charge in [0.25, 0.3) is 0 Å². The Kier molecular flexibility index (Phi) is 6.21. The van der Waals surface area contributed by atoms with Crippen LogP contribution in [0.2, 0.25) is 0 Å². The van der Waals surface area contributed by atoms with Crippen LogP contribution in [0.4, 0.5) is 5.69 Å². The molecule has 0 unspecified atom stereocenters. The number of sulfonamides is 1. The van der Waals surface area contributed by atoms with Gasteiger partial charge in [-0.1, -0.05) is 11.8 Å². The summed E-state index contributed by atoms with van der Waals surface area (Å²) in [5, 5.41) is 12.1. The largest absolute Gasteiger partial charge is 0.486 e. The molecule has 0 spiro atoms. The SMILES string of the molecule is CC(C)NS(=O)(=O)c1ccc2[nH]c3nc(SCC(=O)Nc4ccc5c(c4)OCCO5)nnc3c2c1. The molecule has 1 aliphatic heterocycles. The van der Waals surface area contributed by atoms with Crippen LogP contribution in [-0.4, -0.2) is 59.5 Å². The normalized spacial score (nSPS) is 13.5. The Hall–Kier alpha value is -3.42. The van der Waals surface area contributed by atoms with E-state index in [1.54, 1.807) is 44.2 Å². The maximum Gasteiger partial charge on any atom is 0.240 e. The summed E-state index contributed by atoms with van der Waals surface area (Å²) in [6.45, 7) is 4.48. The number of H-pyrrole nitrogens is 1. The molecule has 0 aliphatic carbocycles. The lowest BCUT2D eigenvalue weighted by molar-refractivity contribution is -0.113. The standard InChI is InChI=1S/C22H22N6O5S2/c1-12(2)28-35(30,31)14-4-5-16-15(10-14)20-21(24-16)25-22(27-26-20)34-11-19(29)23-13-3-6-17-18(9-13)33-8-7-32-17/h3-6,9-10,12,28H,7-8,11H2,1-2H3,(H,23,29)(H,24,25,27). The Labute approximate surface area is 205 Å². The van der Waals surface area contributed by atoms with Crippen LogP contribution in [0.25, 0.3) is 22.1 Å². The van der Waals surface area contributed by atoms with E-state index in [-0.39, 0.29) is 22.6 Å². The Morgan fingerprint density at radius 3 is 2.71 bits per heavy atom. The molecule has 0 radical (unpaired) electrons. The van der Waals surface area contributed by atoms with Crippen molar-refractivity contribution in [2.24, 2.45) is 0 Å². The van der Waals surface area contributed by atoms with E-state index < -0.39 is 10.0 Å². The minimum atomic E-state index is -3.65. The van der Waals surface area contributed by atoms with Crippen LogP contribution in [-0.2, 0) is 14.8 Å². The number of aromatic nitrogens is 4. The summed E-state index contributed by atoms with van der Waals surface area (Å²) in [6, 6.07) is 9.72. The second kappa shape index (κ2) is 9.32. The minimum Gasteiger partial charge on any atom is -0.486 e. The number of fused-ring (bicyclic) bond motifs is 4. The van der Waals surface area contributed by atoms with Gasteiger partial charge in [0.05, 0.1) is 10.6 Å². The van der Waals surface area contributed by atoms with Crippen LogP contribution >= 0.6 is 11.8 Å². The molecule has 3 heterocycles. The number of ether oxygens (including phenoxy) is 2. The van der Waals surface area contributed by atoms with E-state index in [1.807, 2.05) is 0 Å². The monoisotopic (exact) mass is 514 g/mol. The number of nitrogens with zero attached hydrogens (tertiary/aromatic N) is 3. The highest BCUT2D eigenvalue weighted by molar-refractivity contribution is 7.99. The zero-order valence-corrected chi connectivity index (χ0v) is 20.5. The third-order valence-electron chi connectivity index (χ3n) is 5.03. The van der Waals surface area contributed by atoms with Crippen molar-refractivity contribution in [3.8, 4) is 11.5 Å². The molecule has 2 aromatic heterocycles. The van der Waals surface area contributed by atoms with Gasteiger partial charge in [0.2, 0.25) is 21.1 Å². The molecule has 5 rings (SSSR count). The van der Waals surface area contributed by atoms with Crippen molar-refractivity contribution < 1.29 is 22.7 Å². The fourth-order valence-corrected chi connectivity index (χ4v) is 5.45.